The molecule has 3 N–H and O–H groups in total. The van der Waals surface area contributed by atoms with E-state index >= 15 is 0 Å². The highest BCUT2D eigenvalue weighted by molar-refractivity contribution is 5.58. The van der Waals surface area contributed by atoms with Gasteiger partial charge in [0.1, 0.15) is 29.7 Å². The Labute approximate surface area is 205 Å². The fourth-order valence-electron chi connectivity index (χ4n) is 4.60. The topological polar surface area (TPSA) is 118 Å². The Kier molecular flexibility index (Phi) is 6.60. The number of aldehydes is 1. The third kappa shape index (κ3) is 5.73. The van der Waals surface area contributed by atoms with Gasteiger partial charge in [-0.05, 0) is 70.4 Å². The van der Waals surface area contributed by atoms with Crippen LogP contribution >= 0.6 is 0 Å². The van der Waals surface area contributed by atoms with Gasteiger partial charge in [0, 0.05) is 30.4 Å². The SMILES string of the molecule is CC(C)(O)c1nn(C2CCC(C=O)CC2)cc1NCc1coc(-c2ccnc(NCC3CC3)c2)n1. The maximum absolute atomic E-state index is 11.1. The quantitative estimate of drug-likeness (QED) is 0.364. The number of aliphatic hydroxyl groups is 1. The molecular weight excluding hydrogens is 444 g/mol. The van der Waals surface area contributed by atoms with E-state index in [0.29, 0.717) is 18.1 Å². The monoisotopic (exact) mass is 478 g/mol. The summed E-state index contributed by atoms with van der Waals surface area (Å²) in [6.45, 7) is 4.86. The Morgan fingerprint density at radius 1 is 1.20 bits per heavy atom. The molecule has 9 nitrogen and oxygen atoms in total. The van der Waals surface area contributed by atoms with E-state index in [0.717, 1.165) is 67.2 Å². The first-order valence-electron chi connectivity index (χ1n) is 12.5. The van der Waals surface area contributed by atoms with Gasteiger partial charge in [0.15, 0.2) is 0 Å². The number of aromatic nitrogens is 4. The van der Waals surface area contributed by atoms with Gasteiger partial charge in [-0.15, -0.1) is 0 Å². The van der Waals surface area contributed by atoms with E-state index in [9.17, 15) is 9.90 Å². The van der Waals surface area contributed by atoms with Crippen molar-refractivity contribution in [2.45, 2.75) is 70.6 Å². The van der Waals surface area contributed by atoms with Gasteiger partial charge in [0.05, 0.1) is 24.0 Å². The van der Waals surface area contributed by atoms with Crippen LogP contribution in [0.5, 0.6) is 0 Å². The summed E-state index contributed by atoms with van der Waals surface area (Å²) in [7, 11) is 0. The second-order valence-corrected chi connectivity index (χ2v) is 10.4. The summed E-state index contributed by atoms with van der Waals surface area (Å²) in [5.41, 5.74) is 1.91. The first kappa shape index (κ1) is 23.5. The zero-order valence-electron chi connectivity index (χ0n) is 20.4. The molecule has 9 heteroatoms. The van der Waals surface area contributed by atoms with E-state index in [1.807, 2.05) is 23.0 Å². The Balaban J connectivity index is 1.26. The number of hydrogen-bond acceptors (Lipinski definition) is 8. The lowest BCUT2D eigenvalue weighted by Crippen LogP contribution is -2.21. The zero-order valence-corrected chi connectivity index (χ0v) is 20.4. The van der Waals surface area contributed by atoms with E-state index in [4.69, 9.17) is 9.52 Å². The number of rotatable bonds is 10. The maximum atomic E-state index is 11.1. The summed E-state index contributed by atoms with van der Waals surface area (Å²) in [6.07, 6.45) is 12.6. The molecule has 0 saturated heterocycles. The van der Waals surface area contributed by atoms with E-state index in [-0.39, 0.29) is 12.0 Å². The van der Waals surface area contributed by atoms with E-state index in [1.165, 1.54) is 12.8 Å². The molecule has 0 unspecified atom stereocenters. The Morgan fingerprint density at radius 3 is 2.71 bits per heavy atom. The van der Waals surface area contributed by atoms with Crippen molar-refractivity contribution in [1.29, 1.82) is 0 Å². The first-order chi connectivity index (χ1) is 16.9. The van der Waals surface area contributed by atoms with Gasteiger partial charge in [0.25, 0.3) is 0 Å². The molecule has 5 rings (SSSR count). The molecule has 0 spiro atoms. The Morgan fingerprint density at radius 2 is 2.00 bits per heavy atom. The van der Waals surface area contributed by atoms with Crippen LogP contribution < -0.4 is 10.6 Å². The van der Waals surface area contributed by atoms with Crippen LogP contribution in [-0.4, -0.2) is 37.7 Å². The summed E-state index contributed by atoms with van der Waals surface area (Å²) in [6, 6.07) is 4.08. The van der Waals surface area contributed by atoms with Crippen molar-refractivity contribution in [1.82, 2.24) is 19.7 Å². The van der Waals surface area contributed by atoms with E-state index < -0.39 is 5.60 Å². The molecule has 2 fully saturated rings. The zero-order chi connectivity index (χ0) is 24.4. The normalized spacial score (nSPS) is 20.5. The number of anilines is 2. The Bertz CT molecular complexity index is 1150. The fourth-order valence-corrected chi connectivity index (χ4v) is 4.60. The minimum atomic E-state index is -1.09. The highest BCUT2D eigenvalue weighted by atomic mass is 16.3. The molecule has 35 heavy (non-hydrogen) atoms. The number of nitrogens with one attached hydrogen (secondary N) is 2. The third-order valence-electron chi connectivity index (χ3n) is 6.91. The van der Waals surface area contributed by atoms with Crippen LogP contribution in [0.1, 0.15) is 69.8 Å². The van der Waals surface area contributed by atoms with Crippen LogP contribution in [-0.2, 0) is 16.9 Å². The molecule has 2 saturated carbocycles. The van der Waals surface area contributed by atoms with Crippen molar-refractivity contribution in [3.8, 4) is 11.5 Å². The predicted molar refractivity (Wildman–Crippen MR) is 133 cm³/mol. The molecule has 0 aromatic carbocycles. The Hall–Kier alpha value is -3.20. The van der Waals surface area contributed by atoms with Crippen molar-refractivity contribution < 1.29 is 14.3 Å². The number of carbonyl (C=O) groups excluding carboxylic acids is 1. The molecule has 3 heterocycles. The van der Waals surface area contributed by atoms with Crippen molar-refractivity contribution in [3.05, 3.63) is 42.2 Å². The van der Waals surface area contributed by atoms with Crippen LogP contribution in [0.15, 0.2) is 35.2 Å². The minimum Gasteiger partial charge on any atom is -0.444 e. The standard InChI is InChI=1S/C26H34N6O3/c1-26(2,34)24-22(14-32(31-24)21-7-5-18(15-33)6-8-21)28-13-20-16-35-25(30-20)19-9-10-27-23(11-19)29-12-17-3-4-17/h9-11,14-18,21,28,34H,3-8,12-13H2,1-2H3,(H,27,29). The minimum absolute atomic E-state index is 0.153. The highest BCUT2D eigenvalue weighted by Gasteiger charge is 2.28. The molecule has 0 bridgehead atoms. The number of pyridine rings is 1. The molecule has 0 atom stereocenters. The van der Waals surface area contributed by atoms with Crippen molar-refractivity contribution in [2.75, 3.05) is 17.2 Å². The van der Waals surface area contributed by atoms with Crippen LogP contribution in [0, 0.1) is 11.8 Å². The average Bonchev–Trinajstić information content (AvgIpc) is 3.38. The molecule has 3 aromatic rings. The van der Waals surface area contributed by atoms with Gasteiger partial charge in [-0.3, -0.25) is 4.68 Å². The van der Waals surface area contributed by atoms with Gasteiger partial charge in [-0.25, -0.2) is 9.97 Å². The lowest BCUT2D eigenvalue weighted by molar-refractivity contribution is -0.112. The lowest BCUT2D eigenvalue weighted by Gasteiger charge is -2.25. The second kappa shape index (κ2) is 9.81. The highest BCUT2D eigenvalue weighted by Crippen LogP contribution is 2.34. The summed E-state index contributed by atoms with van der Waals surface area (Å²) in [5.74, 6) is 2.30. The number of carbonyl (C=O) groups is 1. The van der Waals surface area contributed by atoms with Crippen LogP contribution in [0.2, 0.25) is 0 Å². The van der Waals surface area contributed by atoms with Crippen molar-refractivity contribution in [3.63, 3.8) is 0 Å². The van der Waals surface area contributed by atoms with Gasteiger partial charge in [-0.2, -0.15) is 5.10 Å². The van der Waals surface area contributed by atoms with Crippen LogP contribution in [0.4, 0.5) is 11.5 Å². The molecule has 0 aliphatic heterocycles. The summed E-state index contributed by atoms with van der Waals surface area (Å²) in [5, 5.41) is 22.2. The predicted octanol–water partition coefficient (Wildman–Crippen LogP) is 4.52. The van der Waals surface area contributed by atoms with Crippen LogP contribution in [0.25, 0.3) is 11.5 Å². The van der Waals surface area contributed by atoms with Crippen molar-refractivity contribution in [2.24, 2.45) is 11.8 Å². The number of oxazole rings is 1. The summed E-state index contributed by atoms with van der Waals surface area (Å²) < 4.78 is 7.69. The van der Waals surface area contributed by atoms with Gasteiger partial charge in [0.2, 0.25) is 5.89 Å². The lowest BCUT2D eigenvalue weighted by atomic mass is 9.87. The molecular formula is C26H34N6O3. The molecule has 0 amide bonds. The largest absolute Gasteiger partial charge is 0.444 e. The second-order valence-electron chi connectivity index (χ2n) is 10.4. The molecule has 186 valence electrons. The van der Waals surface area contributed by atoms with Gasteiger partial charge >= 0.3 is 0 Å². The maximum Gasteiger partial charge on any atom is 0.226 e. The third-order valence-corrected chi connectivity index (χ3v) is 6.91. The van der Waals surface area contributed by atoms with Crippen molar-refractivity contribution >= 4 is 17.8 Å². The fraction of sp³-hybridized carbons (Fsp3) is 0.538. The first-order valence-corrected chi connectivity index (χ1v) is 12.5. The molecule has 0 radical (unpaired) electrons. The summed E-state index contributed by atoms with van der Waals surface area (Å²) in [4.78, 5) is 20.1. The van der Waals surface area contributed by atoms with Gasteiger partial charge < -0.3 is 25.0 Å². The summed E-state index contributed by atoms with van der Waals surface area (Å²) >= 11 is 0. The van der Waals surface area contributed by atoms with Crippen LogP contribution in [0.3, 0.4) is 0 Å². The number of hydrogen-bond donors (Lipinski definition) is 3. The van der Waals surface area contributed by atoms with E-state index in [2.05, 4.69) is 20.6 Å². The molecule has 3 aromatic heterocycles. The number of nitrogens with zero attached hydrogens (tertiary/aromatic N) is 4. The molecule has 2 aliphatic rings. The molecule has 2 aliphatic carbocycles. The smallest absolute Gasteiger partial charge is 0.226 e. The van der Waals surface area contributed by atoms with E-state index in [1.54, 1.807) is 26.3 Å². The average molecular weight is 479 g/mol. The van der Waals surface area contributed by atoms with Gasteiger partial charge in [-0.1, -0.05) is 0 Å².